The number of benzene rings is 2. The van der Waals surface area contributed by atoms with Crippen molar-refractivity contribution in [3.63, 3.8) is 0 Å². The Morgan fingerprint density at radius 3 is 1.67 bits per heavy atom. The normalized spacial score (nSPS) is 11.9. The molecule has 310 valence electrons. The third-order valence-corrected chi connectivity index (χ3v) is 11.0. The first-order chi connectivity index (χ1) is 26.4. The summed E-state index contributed by atoms with van der Waals surface area (Å²) in [5.41, 5.74) is -3.66. The minimum Gasteiger partial charge on any atom is -0.363 e. The lowest BCUT2D eigenvalue weighted by molar-refractivity contribution is -0.138. The molecule has 0 bridgehead atoms. The monoisotopic (exact) mass is 890 g/mol. The maximum absolute atomic E-state index is 13.2. The molecule has 0 aliphatic heterocycles. The highest BCUT2D eigenvalue weighted by Crippen LogP contribution is 2.38. The van der Waals surface area contributed by atoms with Gasteiger partial charge in [-0.2, -0.15) is 26.3 Å². The number of nitrogens with one attached hydrogen (secondary N) is 1. The Morgan fingerprint density at radius 1 is 0.719 bits per heavy atom. The van der Waals surface area contributed by atoms with Crippen molar-refractivity contribution < 1.29 is 67.2 Å². The van der Waals surface area contributed by atoms with Crippen molar-refractivity contribution in [2.24, 2.45) is 0 Å². The van der Waals surface area contributed by atoms with E-state index in [1.807, 2.05) is 0 Å². The molecule has 1 N–H and O–H groups in total. The van der Waals surface area contributed by atoms with Gasteiger partial charge < -0.3 is 4.74 Å². The van der Waals surface area contributed by atoms with Crippen molar-refractivity contribution in [1.29, 1.82) is 0 Å². The third kappa shape index (κ3) is 11.2. The van der Waals surface area contributed by atoms with Crippen LogP contribution in [0.1, 0.15) is 32.1 Å². The van der Waals surface area contributed by atoms with Crippen molar-refractivity contribution in [1.82, 2.24) is 20.1 Å². The first-order valence-corrected chi connectivity index (χ1v) is 18.9. The predicted octanol–water partition coefficient (Wildman–Crippen LogP) is 6.37. The van der Waals surface area contributed by atoms with E-state index in [-0.39, 0.29) is 22.8 Å². The van der Waals surface area contributed by atoms with Crippen LogP contribution in [0.15, 0.2) is 82.8 Å². The topological polar surface area (TPSA) is 178 Å². The molecule has 2 aromatic heterocycles. The van der Waals surface area contributed by atoms with Crippen molar-refractivity contribution in [3.05, 3.63) is 106 Å². The maximum atomic E-state index is 13.2. The van der Waals surface area contributed by atoms with Gasteiger partial charge in [0.15, 0.2) is 11.4 Å². The number of rotatable bonds is 12. The summed E-state index contributed by atoms with van der Waals surface area (Å²) in [5, 5.41) is 0.330. The first kappa shape index (κ1) is 46.6. The number of sulfonamides is 2. The zero-order valence-corrected chi connectivity index (χ0v) is 33.0. The number of aromatic nitrogens is 2. The summed E-state index contributed by atoms with van der Waals surface area (Å²) in [5.74, 6) is -1.54. The SMILES string of the molecule is COCN(c1cccnc1C(=O)N(C)OC)S(=O)(=O)c1ccc(Cl)c(C(F)(F)F)c1.CON(C)C(=O)c1ncccc1NS(=O)(=O)c1ccc(Cl)c(C(F)(F)F)c1. The summed E-state index contributed by atoms with van der Waals surface area (Å²) in [6.45, 7) is -0.602. The number of alkyl halides is 6. The smallest absolute Gasteiger partial charge is 0.363 e. The van der Waals surface area contributed by atoms with Gasteiger partial charge in [0, 0.05) is 33.6 Å². The molecular weight excluding hydrogens is 861 g/mol. The number of halogens is 8. The average Bonchev–Trinajstić information content (AvgIpc) is 3.15. The van der Waals surface area contributed by atoms with E-state index in [1.54, 1.807) is 0 Å². The van der Waals surface area contributed by atoms with Gasteiger partial charge in [0.1, 0.15) is 6.73 Å². The number of carbonyl (C=O) groups excluding carboxylic acids is 2. The number of pyridine rings is 2. The number of ether oxygens (including phenoxy) is 1. The van der Waals surface area contributed by atoms with Crippen molar-refractivity contribution in [2.45, 2.75) is 22.1 Å². The fraction of sp³-hybridized carbons (Fsp3) is 0.250. The largest absolute Gasteiger partial charge is 0.417 e. The van der Waals surface area contributed by atoms with Crippen LogP contribution in [0.4, 0.5) is 37.7 Å². The highest BCUT2D eigenvalue weighted by Gasteiger charge is 2.37. The second-order valence-corrected chi connectivity index (χ2v) is 15.3. The van der Waals surface area contributed by atoms with E-state index >= 15 is 0 Å². The van der Waals surface area contributed by atoms with Gasteiger partial charge in [-0.05, 0) is 60.7 Å². The molecule has 0 spiro atoms. The molecule has 57 heavy (non-hydrogen) atoms. The van der Waals surface area contributed by atoms with E-state index in [2.05, 4.69) is 14.7 Å². The Morgan fingerprint density at radius 2 is 1.18 bits per heavy atom. The van der Waals surface area contributed by atoms with Gasteiger partial charge in [-0.3, -0.25) is 24.0 Å². The van der Waals surface area contributed by atoms with Crippen LogP contribution in [0, 0.1) is 0 Å². The number of anilines is 2. The van der Waals surface area contributed by atoms with Gasteiger partial charge in [0.2, 0.25) is 0 Å². The summed E-state index contributed by atoms with van der Waals surface area (Å²) in [6.07, 6.45) is -7.20. The fourth-order valence-electron chi connectivity index (χ4n) is 4.37. The zero-order chi connectivity index (χ0) is 43.1. The third-order valence-electron chi connectivity index (χ3n) is 7.26. The molecule has 2 aromatic carbocycles. The second-order valence-electron chi connectivity index (χ2n) is 10.9. The van der Waals surface area contributed by atoms with Crippen LogP contribution in [0.25, 0.3) is 0 Å². The van der Waals surface area contributed by atoms with Crippen molar-refractivity contribution in [3.8, 4) is 0 Å². The summed E-state index contributed by atoms with van der Waals surface area (Å²) in [6, 6.07) is 9.54. The number of hydrogen-bond donors (Lipinski definition) is 1. The zero-order valence-electron chi connectivity index (χ0n) is 29.9. The molecule has 0 unspecified atom stereocenters. The summed E-state index contributed by atoms with van der Waals surface area (Å²) >= 11 is 11.1. The number of amides is 2. The van der Waals surface area contributed by atoms with Gasteiger partial charge in [0.25, 0.3) is 31.9 Å². The van der Waals surface area contributed by atoms with E-state index in [4.69, 9.17) is 37.6 Å². The van der Waals surface area contributed by atoms with Crippen LogP contribution >= 0.6 is 23.2 Å². The number of nitrogens with zero attached hydrogens (tertiary/aromatic N) is 5. The van der Waals surface area contributed by atoms with Crippen LogP contribution in [0.2, 0.25) is 10.0 Å². The Hall–Kier alpha value is -4.78. The molecule has 0 aliphatic rings. The summed E-state index contributed by atoms with van der Waals surface area (Å²) in [7, 11) is -2.88. The van der Waals surface area contributed by atoms with Crippen LogP contribution in [-0.4, -0.2) is 90.9 Å². The van der Waals surface area contributed by atoms with Gasteiger partial charge in [-0.1, -0.05) is 23.2 Å². The molecule has 15 nitrogen and oxygen atoms in total. The van der Waals surface area contributed by atoms with Crippen LogP contribution in [0.5, 0.6) is 0 Å². The molecule has 4 rings (SSSR count). The van der Waals surface area contributed by atoms with Gasteiger partial charge in [-0.25, -0.2) is 41.2 Å². The fourth-order valence-corrected chi connectivity index (χ4v) is 7.33. The minimum absolute atomic E-state index is 0.211. The molecule has 0 fully saturated rings. The molecular formula is C32H30Cl2F6N6O9S2. The number of carbonyl (C=O) groups is 2. The molecule has 0 aliphatic carbocycles. The lowest BCUT2D eigenvalue weighted by Gasteiger charge is -2.26. The molecule has 2 heterocycles. The molecule has 0 saturated heterocycles. The predicted molar refractivity (Wildman–Crippen MR) is 192 cm³/mol. The Kier molecular flexibility index (Phi) is 15.2. The Labute approximate surface area is 331 Å². The molecule has 4 aromatic rings. The standard InChI is InChI=1S/C17H17ClF3N3O5S.C15H13ClF3N3O4S/c1-23(29-3)16(25)15-14(5-4-8-22-15)24(10-28-2)30(26,27)11-6-7-13(18)12(9-11)17(19,20)21;1-22(26-2)14(23)13-12(4-3-7-20-13)21-27(24,25)9-5-6-11(16)10(8-9)15(17,18)19/h4-9H,10H2,1-3H3;3-8,21H,1-2H3. The lowest BCUT2D eigenvalue weighted by Crippen LogP contribution is -2.36. The number of methoxy groups -OCH3 is 1. The quantitative estimate of drug-likeness (QED) is 0.0950. The Balaban J connectivity index is 0.000000307. The summed E-state index contributed by atoms with van der Waals surface area (Å²) < 4.78 is 137. The van der Waals surface area contributed by atoms with E-state index in [9.17, 15) is 52.8 Å². The number of hydrogen-bond acceptors (Lipinski definition) is 11. The maximum Gasteiger partial charge on any atom is 0.417 e. The van der Waals surface area contributed by atoms with E-state index in [1.165, 1.54) is 72.1 Å². The first-order valence-electron chi connectivity index (χ1n) is 15.2. The molecule has 2 amide bonds. The minimum atomic E-state index is -4.87. The van der Waals surface area contributed by atoms with Gasteiger partial charge >= 0.3 is 12.4 Å². The second kappa shape index (κ2) is 18.7. The van der Waals surface area contributed by atoms with Crippen LogP contribution < -0.4 is 9.03 Å². The van der Waals surface area contributed by atoms with Gasteiger partial charge in [-0.15, -0.1) is 0 Å². The highest BCUT2D eigenvalue weighted by molar-refractivity contribution is 7.93. The Bertz CT molecular complexity index is 2320. The van der Waals surface area contributed by atoms with Crippen molar-refractivity contribution in [2.75, 3.05) is 51.2 Å². The highest BCUT2D eigenvalue weighted by atomic mass is 35.5. The average molecular weight is 892 g/mol. The van der Waals surface area contributed by atoms with E-state index in [0.717, 1.165) is 34.4 Å². The van der Waals surface area contributed by atoms with Crippen LogP contribution in [-0.2, 0) is 46.8 Å². The van der Waals surface area contributed by atoms with E-state index in [0.29, 0.717) is 16.4 Å². The molecule has 25 heteroatoms. The molecule has 0 radical (unpaired) electrons. The summed E-state index contributed by atoms with van der Waals surface area (Å²) in [4.78, 5) is 40.5. The van der Waals surface area contributed by atoms with Gasteiger partial charge in [0.05, 0.1) is 56.6 Å². The molecule has 0 saturated carbocycles. The molecule has 0 atom stereocenters. The van der Waals surface area contributed by atoms with Crippen LogP contribution in [0.3, 0.4) is 0 Å². The van der Waals surface area contributed by atoms with E-state index < -0.39 is 81.9 Å². The van der Waals surface area contributed by atoms with Crippen molar-refractivity contribution >= 4 is 66.4 Å². The number of hydroxylamine groups is 4. The lowest BCUT2D eigenvalue weighted by atomic mass is 10.2.